The summed E-state index contributed by atoms with van der Waals surface area (Å²) in [4.78, 5) is 20.6. The van der Waals surface area contributed by atoms with Crippen LogP contribution >= 0.6 is 0 Å². The maximum Gasteiger partial charge on any atom is 0.264 e. The van der Waals surface area contributed by atoms with Crippen molar-refractivity contribution in [1.29, 1.82) is 0 Å². The predicted molar refractivity (Wildman–Crippen MR) is 128 cm³/mol. The zero-order valence-corrected chi connectivity index (χ0v) is 19.9. The van der Waals surface area contributed by atoms with Crippen LogP contribution in [0.15, 0.2) is 59.5 Å². The Morgan fingerprint density at radius 1 is 1.03 bits per heavy atom. The van der Waals surface area contributed by atoms with Crippen LogP contribution in [0.25, 0.3) is 0 Å². The third-order valence-corrected chi connectivity index (χ3v) is 6.42. The molecule has 3 aromatic rings. The summed E-state index contributed by atoms with van der Waals surface area (Å²) in [6.07, 6.45) is 0.965. The van der Waals surface area contributed by atoms with Crippen LogP contribution in [-0.4, -0.2) is 30.9 Å². The van der Waals surface area contributed by atoms with E-state index < -0.39 is 10.0 Å². The smallest absolute Gasteiger partial charge is 0.264 e. The molecule has 0 aliphatic rings. The fourth-order valence-electron chi connectivity index (χ4n) is 3.25. The highest BCUT2D eigenvalue weighted by atomic mass is 32.2. The Kier molecular flexibility index (Phi) is 7.65. The summed E-state index contributed by atoms with van der Waals surface area (Å²) < 4.78 is 33.4. The van der Waals surface area contributed by atoms with E-state index in [1.165, 1.54) is 24.3 Å². The van der Waals surface area contributed by atoms with Gasteiger partial charge in [0.2, 0.25) is 5.95 Å². The van der Waals surface area contributed by atoms with E-state index in [4.69, 9.17) is 4.74 Å². The van der Waals surface area contributed by atoms with E-state index in [2.05, 4.69) is 33.9 Å². The van der Waals surface area contributed by atoms with Gasteiger partial charge in [-0.1, -0.05) is 32.0 Å². The fraction of sp³-hybridized carbons (Fsp3) is 0.292. The number of sulfonamides is 1. The number of carbonyl (C=O) groups is 1. The molecule has 2 N–H and O–H groups in total. The average Bonchev–Trinajstić information content (AvgIpc) is 2.76. The third-order valence-electron chi connectivity index (χ3n) is 5.08. The first-order chi connectivity index (χ1) is 15.7. The lowest BCUT2D eigenvalue weighted by molar-refractivity contribution is -0.118. The van der Waals surface area contributed by atoms with Crippen molar-refractivity contribution >= 4 is 27.6 Å². The van der Waals surface area contributed by atoms with Crippen molar-refractivity contribution in [2.75, 3.05) is 16.6 Å². The minimum Gasteiger partial charge on any atom is -0.483 e. The van der Waals surface area contributed by atoms with E-state index in [-0.39, 0.29) is 23.4 Å². The molecular formula is C24H28N4O4S. The Morgan fingerprint density at radius 2 is 1.67 bits per heavy atom. The van der Waals surface area contributed by atoms with Crippen LogP contribution in [-0.2, 0) is 14.8 Å². The first-order valence-electron chi connectivity index (χ1n) is 10.6. The van der Waals surface area contributed by atoms with Gasteiger partial charge in [0, 0.05) is 17.1 Å². The predicted octanol–water partition coefficient (Wildman–Crippen LogP) is 4.43. The zero-order chi connectivity index (χ0) is 24.0. The molecule has 0 radical (unpaired) electrons. The molecular weight excluding hydrogens is 440 g/mol. The van der Waals surface area contributed by atoms with Crippen LogP contribution in [0, 0.1) is 13.8 Å². The fourth-order valence-corrected chi connectivity index (χ4v) is 4.19. The summed E-state index contributed by atoms with van der Waals surface area (Å²) in [5.74, 6) is 0.677. The van der Waals surface area contributed by atoms with E-state index in [9.17, 15) is 13.2 Å². The summed E-state index contributed by atoms with van der Waals surface area (Å²) in [7, 11) is -3.87. The van der Waals surface area contributed by atoms with Gasteiger partial charge in [0.15, 0.2) is 6.61 Å². The SMILES string of the molecule is CC[C@@H](C)c1ccccc1OCC(=O)Nc1ccc(S(=O)(=O)Nc2nc(C)cc(C)n2)cc1. The van der Waals surface area contributed by atoms with Crippen molar-refractivity contribution in [1.82, 2.24) is 9.97 Å². The molecule has 1 aromatic heterocycles. The second kappa shape index (κ2) is 10.4. The van der Waals surface area contributed by atoms with Gasteiger partial charge in [0.25, 0.3) is 15.9 Å². The molecule has 0 aliphatic heterocycles. The lowest BCUT2D eigenvalue weighted by Gasteiger charge is -2.15. The molecule has 0 spiro atoms. The zero-order valence-electron chi connectivity index (χ0n) is 19.1. The standard InChI is InChI=1S/C24H28N4O4S/c1-5-16(2)21-8-6-7-9-22(21)32-15-23(29)27-19-10-12-20(13-11-19)33(30,31)28-24-25-17(3)14-18(4)26-24/h6-14,16H,5,15H2,1-4H3,(H,27,29)(H,25,26,28)/t16-/m1/s1. The molecule has 8 nitrogen and oxygen atoms in total. The largest absolute Gasteiger partial charge is 0.483 e. The number of hydrogen-bond donors (Lipinski definition) is 2. The van der Waals surface area contributed by atoms with E-state index in [1.54, 1.807) is 19.9 Å². The van der Waals surface area contributed by atoms with Crippen LogP contribution in [0.5, 0.6) is 5.75 Å². The van der Waals surface area contributed by atoms with Crippen molar-refractivity contribution in [2.45, 2.75) is 44.9 Å². The molecule has 2 aromatic carbocycles. The summed E-state index contributed by atoms with van der Waals surface area (Å²) >= 11 is 0. The minimum atomic E-state index is -3.87. The van der Waals surface area contributed by atoms with Crippen molar-refractivity contribution in [2.24, 2.45) is 0 Å². The quantitative estimate of drug-likeness (QED) is 0.481. The van der Waals surface area contributed by atoms with Gasteiger partial charge in [-0.3, -0.25) is 4.79 Å². The third kappa shape index (κ3) is 6.52. The van der Waals surface area contributed by atoms with Gasteiger partial charge in [-0.05, 0) is 68.1 Å². The van der Waals surface area contributed by atoms with Crippen LogP contribution in [0.1, 0.15) is 43.1 Å². The Morgan fingerprint density at radius 3 is 2.30 bits per heavy atom. The van der Waals surface area contributed by atoms with E-state index in [0.29, 0.717) is 28.7 Å². The topological polar surface area (TPSA) is 110 Å². The summed E-state index contributed by atoms with van der Waals surface area (Å²) in [6.45, 7) is 7.58. The van der Waals surface area contributed by atoms with Crippen LogP contribution in [0.3, 0.4) is 0 Å². The average molecular weight is 469 g/mol. The van der Waals surface area contributed by atoms with Crippen molar-refractivity contribution in [3.63, 3.8) is 0 Å². The first kappa shape index (κ1) is 24.2. The number of nitrogens with one attached hydrogen (secondary N) is 2. The molecule has 0 aliphatic carbocycles. The number of ether oxygens (including phenoxy) is 1. The van der Waals surface area contributed by atoms with Gasteiger partial charge in [0.1, 0.15) is 5.75 Å². The molecule has 1 amide bonds. The van der Waals surface area contributed by atoms with Gasteiger partial charge in [-0.25, -0.2) is 23.1 Å². The number of anilines is 2. The highest BCUT2D eigenvalue weighted by molar-refractivity contribution is 7.92. The van der Waals surface area contributed by atoms with Crippen LogP contribution in [0.2, 0.25) is 0 Å². The highest BCUT2D eigenvalue weighted by Crippen LogP contribution is 2.28. The minimum absolute atomic E-state index is 0.0136. The normalized spacial score (nSPS) is 12.1. The maximum atomic E-state index is 12.6. The molecule has 1 atom stereocenters. The summed E-state index contributed by atoms with van der Waals surface area (Å²) in [5, 5.41) is 2.71. The lowest BCUT2D eigenvalue weighted by Crippen LogP contribution is -2.21. The molecule has 174 valence electrons. The molecule has 1 heterocycles. The molecule has 0 unspecified atom stereocenters. The van der Waals surface area contributed by atoms with Crippen molar-refractivity contribution in [3.8, 4) is 5.75 Å². The highest BCUT2D eigenvalue weighted by Gasteiger charge is 2.17. The molecule has 0 bridgehead atoms. The number of rotatable bonds is 9. The monoisotopic (exact) mass is 468 g/mol. The van der Waals surface area contributed by atoms with Gasteiger partial charge >= 0.3 is 0 Å². The molecule has 0 fully saturated rings. The van der Waals surface area contributed by atoms with Gasteiger partial charge in [-0.2, -0.15) is 0 Å². The molecule has 3 rings (SSSR count). The number of benzene rings is 2. The van der Waals surface area contributed by atoms with Gasteiger partial charge < -0.3 is 10.1 Å². The Bertz CT molecular complexity index is 1210. The summed E-state index contributed by atoms with van der Waals surface area (Å²) in [6, 6.07) is 15.3. The first-order valence-corrected chi connectivity index (χ1v) is 12.1. The Hall–Kier alpha value is -3.46. The van der Waals surface area contributed by atoms with Gasteiger partial charge in [-0.15, -0.1) is 0 Å². The lowest BCUT2D eigenvalue weighted by atomic mass is 9.98. The maximum absolute atomic E-state index is 12.6. The van der Waals surface area contributed by atoms with E-state index in [1.807, 2.05) is 24.3 Å². The molecule has 9 heteroatoms. The van der Waals surface area contributed by atoms with E-state index in [0.717, 1.165) is 12.0 Å². The van der Waals surface area contributed by atoms with Crippen molar-refractivity contribution < 1.29 is 17.9 Å². The number of aromatic nitrogens is 2. The Labute approximate surface area is 194 Å². The number of aryl methyl sites for hydroxylation is 2. The number of nitrogens with zero attached hydrogens (tertiary/aromatic N) is 2. The molecule has 33 heavy (non-hydrogen) atoms. The van der Waals surface area contributed by atoms with Crippen LogP contribution in [0.4, 0.5) is 11.6 Å². The number of amides is 1. The summed E-state index contributed by atoms with van der Waals surface area (Å²) in [5.41, 5.74) is 2.84. The van der Waals surface area contributed by atoms with Crippen LogP contribution < -0.4 is 14.8 Å². The second-order valence-corrected chi connectivity index (χ2v) is 9.47. The number of para-hydroxylation sites is 1. The molecule has 0 saturated heterocycles. The van der Waals surface area contributed by atoms with Crippen molar-refractivity contribution in [3.05, 3.63) is 71.5 Å². The van der Waals surface area contributed by atoms with E-state index >= 15 is 0 Å². The Balaban J connectivity index is 1.62. The number of carbonyl (C=O) groups excluding carboxylic acids is 1. The molecule has 0 saturated carbocycles. The number of hydrogen-bond acceptors (Lipinski definition) is 6. The second-order valence-electron chi connectivity index (χ2n) is 7.79. The van der Waals surface area contributed by atoms with Gasteiger partial charge in [0.05, 0.1) is 4.90 Å².